The van der Waals surface area contributed by atoms with Gasteiger partial charge < -0.3 is 19.4 Å². The van der Waals surface area contributed by atoms with E-state index in [4.69, 9.17) is 14.5 Å². The minimum absolute atomic E-state index is 0.156. The molecule has 8 heteroatoms. The number of rotatable bonds is 3. The molecule has 0 spiro atoms. The van der Waals surface area contributed by atoms with Crippen LogP contribution in [0.1, 0.15) is 41.4 Å². The van der Waals surface area contributed by atoms with Crippen LogP contribution in [0.3, 0.4) is 0 Å². The van der Waals surface area contributed by atoms with E-state index in [0.29, 0.717) is 30.5 Å². The normalized spacial score (nSPS) is 18.8. The second-order valence-corrected chi connectivity index (χ2v) is 7.76. The average molecular weight is 407 g/mol. The van der Waals surface area contributed by atoms with E-state index in [1.165, 1.54) is 0 Å². The third-order valence-corrected chi connectivity index (χ3v) is 5.63. The Balaban J connectivity index is 1.61. The summed E-state index contributed by atoms with van der Waals surface area (Å²) >= 11 is 0. The van der Waals surface area contributed by atoms with Crippen LogP contribution in [0.15, 0.2) is 30.5 Å². The average Bonchev–Trinajstić information content (AvgIpc) is 2.93. The number of carbonyl (C=O) groups excluding carboxylic acids is 1. The molecule has 2 aromatic heterocycles. The van der Waals surface area contributed by atoms with Crippen LogP contribution in [-0.2, 0) is 0 Å². The van der Waals surface area contributed by atoms with Gasteiger partial charge in [-0.1, -0.05) is 6.42 Å². The van der Waals surface area contributed by atoms with Crippen LogP contribution in [0.4, 0.5) is 5.95 Å². The predicted octanol–water partition coefficient (Wildman–Crippen LogP) is 3.08. The molecule has 8 nitrogen and oxygen atoms in total. The maximum atomic E-state index is 13.0. The van der Waals surface area contributed by atoms with Gasteiger partial charge in [0.25, 0.3) is 5.91 Å². The van der Waals surface area contributed by atoms with Crippen LogP contribution >= 0.6 is 0 Å². The van der Waals surface area contributed by atoms with Crippen LogP contribution in [0.25, 0.3) is 11.0 Å². The Kier molecular flexibility index (Phi) is 5.00. The summed E-state index contributed by atoms with van der Waals surface area (Å²) in [5.74, 6) is 1.75. The summed E-state index contributed by atoms with van der Waals surface area (Å²) in [6, 6.07) is 7.45. The Labute approximate surface area is 174 Å². The molecular weight excluding hydrogens is 382 g/mol. The molecule has 30 heavy (non-hydrogen) atoms. The highest BCUT2D eigenvalue weighted by atomic mass is 16.6. The van der Waals surface area contributed by atoms with Gasteiger partial charge in [-0.2, -0.15) is 0 Å². The van der Waals surface area contributed by atoms with Gasteiger partial charge in [0.15, 0.2) is 11.5 Å². The summed E-state index contributed by atoms with van der Waals surface area (Å²) in [6.45, 7) is 4.71. The zero-order valence-corrected chi connectivity index (χ0v) is 17.0. The van der Waals surface area contributed by atoms with Crippen LogP contribution in [0, 0.1) is 6.92 Å². The SMILES string of the molecule is Cc1cc(C(=O)Nc2nc3ccc4c(c3n2[C@@H]2CCCCNC2)OCCO4)ccn1. The number of pyridine rings is 1. The Morgan fingerprint density at radius 1 is 1.23 bits per heavy atom. The molecule has 0 radical (unpaired) electrons. The van der Waals surface area contributed by atoms with Crippen molar-refractivity contribution in [2.75, 3.05) is 31.6 Å². The zero-order chi connectivity index (χ0) is 20.5. The molecule has 0 bridgehead atoms. The molecule has 2 aliphatic rings. The van der Waals surface area contributed by atoms with E-state index in [2.05, 4.69) is 20.2 Å². The van der Waals surface area contributed by atoms with Gasteiger partial charge in [0.2, 0.25) is 5.95 Å². The Morgan fingerprint density at radius 3 is 3.03 bits per heavy atom. The van der Waals surface area contributed by atoms with Crippen molar-refractivity contribution in [2.24, 2.45) is 0 Å². The first-order valence-corrected chi connectivity index (χ1v) is 10.5. The predicted molar refractivity (Wildman–Crippen MR) is 113 cm³/mol. The van der Waals surface area contributed by atoms with Crippen molar-refractivity contribution >= 4 is 22.9 Å². The summed E-state index contributed by atoms with van der Waals surface area (Å²) in [5, 5.41) is 6.54. The molecule has 3 aromatic rings. The van der Waals surface area contributed by atoms with Crippen molar-refractivity contribution in [3.05, 3.63) is 41.7 Å². The van der Waals surface area contributed by atoms with E-state index in [1.54, 1.807) is 18.3 Å². The summed E-state index contributed by atoms with van der Waals surface area (Å²) in [5.41, 5.74) is 3.01. The highest BCUT2D eigenvalue weighted by molar-refractivity contribution is 6.04. The standard InChI is InChI=1S/C22H25N5O3/c1-14-12-15(7-9-24-14)21(28)26-22-25-17-5-6-18-20(30-11-10-29-18)19(17)27(22)16-4-2-3-8-23-13-16/h5-7,9,12,16,23H,2-4,8,10-11,13H2,1H3,(H,25,26,28)/t16-/m1/s1. The van der Waals surface area contributed by atoms with E-state index >= 15 is 0 Å². The summed E-state index contributed by atoms with van der Waals surface area (Å²) in [4.78, 5) is 21.9. The largest absolute Gasteiger partial charge is 0.486 e. The number of ether oxygens (including phenoxy) is 2. The van der Waals surface area contributed by atoms with Gasteiger partial charge in [-0.15, -0.1) is 0 Å². The van der Waals surface area contributed by atoms with Gasteiger partial charge in [0.1, 0.15) is 18.7 Å². The highest BCUT2D eigenvalue weighted by Gasteiger charge is 2.27. The number of hydrogen-bond acceptors (Lipinski definition) is 6. The smallest absolute Gasteiger partial charge is 0.258 e. The van der Waals surface area contributed by atoms with Gasteiger partial charge in [0.05, 0.1) is 5.52 Å². The van der Waals surface area contributed by atoms with Crippen molar-refractivity contribution < 1.29 is 14.3 Å². The number of imidazole rings is 1. The van der Waals surface area contributed by atoms with Crippen LogP contribution in [-0.4, -0.2) is 46.7 Å². The fraction of sp³-hybridized carbons (Fsp3) is 0.409. The number of nitrogens with one attached hydrogen (secondary N) is 2. The molecule has 1 atom stereocenters. The van der Waals surface area contributed by atoms with Gasteiger partial charge in [-0.3, -0.25) is 15.1 Å². The molecule has 156 valence electrons. The number of amides is 1. The lowest BCUT2D eigenvalue weighted by atomic mass is 10.1. The summed E-state index contributed by atoms with van der Waals surface area (Å²) in [6.07, 6.45) is 4.89. The summed E-state index contributed by atoms with van der Waals surface area (Å²) in [7, 11) is 0. The maximum absolute atomic E-state index is 13.0. The molecule has 1 aromatic carbocycles. The molecule has 1 fully saturated rings. The fourth-order valence-electron chi connectivity index (χ4n) is 4.21. The molecule has 0 aliphatic carbocycles. The lowest BCUT2D eigenvalue weighted by Gasteiger charge is -2.24. The van der Waals surface area contributed by atoms with E-state index in [1.807, 2.05) is 19.1 Å². The minimum atomic E-state index is -0.204. The second-order valence-electron chi connectivity index (χ2n) is 7.76. The van der Waals surface area contributed by atoms with Gasteiger partial charge in [-0.25, -0.2) is 4.98 Å². The first-order chi connectivity index (χ1) is 14.7. The Morgan fingerprint density at radius 2 is 2.13 bits per heavy atom. The van der Waals surface area contributed by atoms with E-state index in [-0.39, 0.29) is 11.9 Å². The monoisotopic (exact) mass is 407 g/mol. The molecule has 1 amide bonds. The first kappa shape index (κ1) is 18.9. The fourth-order valence-corrected chi connectivity index (χ4v) is 4.21. The first-order valence-electron chi connectivity index (χ1n) is 10.5. The lowest BCUT2D eigenvalue weighted by Crippen LogP contribution is -2.26. The minimum Gasteiger partial charge on any atom is -0.486 e. The lowest BCUT2D eigenvalue weighted by molar-refractivity contribution is 0.102. The number of aryl methyl sites for hydroxylation is 1. The number of carbonyl (C=O) groups is 1. The highest BCUT2D eigenvalue weighted by Crippen LogP contribution is 2.41. The quantitative estimate of drug-likeness (QED) is 0.694. The van der Waals surface area contributed by atoms with Crippen LogP contribution in [0.2, 0.25) is 0 Å². The van der Waals surface area contributed by atoms with Crippen LogP contribution in [0.5, 0.6) is 11.5 Å². The third kappa shape index (κ3) is 3.47. The number of nitrogens with zero attached hydrogens (tertiary/aromatic N) is 3. The molecule has 5 rings (SSSR count). The van der Waals surface area contributed by atoms with Crippen molar-refractivity contribution in [3.8, 4) is 11.5 Å². The number of hydrogen-bond donors (Lipinski definition) is 2. The molecule has 0 unspecified atom stereocenters. The van der Waals surface area contributed by atoms with Crippen molar-refractivity contribution in [1.82, 2.24) is 19.9 Å². The van der Waals surface area contributed by atoms with Crippen LogP contribution < -0.4 is 20.1 Å². The number of aromatic nitrogens is 3. The zero-order valence-electron chi connectivity index (χ0n) is 17.0. The van der Waals surface area contributed by atoms with E-state index in [9.17, 15) is 4.79 Å². The Bertz CT molecular complexity index is 1090. The molecule has 1 saturated heterocycles. The number of fused-ring (bicyclic) bond motifs is 3. The third-order valence-electron chi connectivity index (χ3n) is 5.63. The second kappa shape index (κ2) is 7.95. The molecule has 0 saturated carbocycles. The van der Waals surface area contributed by atoms with Crippen molar-refractivity contribution in [1.29, 1.82) is 0 Å². The van der Waals surface area contributed by atoms with Crippen molar-refractivity contribution in [2.45, 2.75) is 32.2 Å². The molecule has 2 aliphatic heterocycles. The van der Waals surface area contributed by atoms with E-state index in [0.717, 1.165) is 54.8 Å². The summed E-state index contributed by atoms with van der Waals surface area (Å²) < 4.78 is 13.9. The topological polar surface area (TPSA) is 90.3 Å². The number of benzene rings is 1. The van der Waals surface area contributed by atoms with Crippen molar-refractivity contribution in [3.63, 3.8) is 0 Å². The molecular formula is C22H25N5O3. The van der Waals surface area contributed by atoms with Gasteiger partial charge in [0, 0.05) is 30.0 Å². The van der Waals surface area contributed by atoms with Gasteiger partial charge >= 0.3 is 0 Å². The number of anilines is 1. The Hall–Kier alpha value is -3.13. The molecule has 4 heterocycles. The molecule has 2 N–H and O–H groups in total. The van der Waals surface area contributed by atoms with Gasteiger partial charge in [-0.05, 0) is 50.6 Å². The van der Waals surface area contributed by atoms with E-state index < -0.39 is 0 Å². The maximum Gasteiger partial charge on any atom is 0.258 e.